The molecule has 0 aromatic heterocycles. The van der Waals surface area contributed by atoms with E-state index in [2.05, 4.69) is 141 Å². The van der Waals surface area contributed by atoms with E-state index in [4.69, 9.17) is 0 Å². The van der Waals surface area contributed by atoms with Gasteiger partial charge in [0.15, 0.2) is 0 Å². The second kappa shape index (κ2) is 64.1. The van der Waals surface area contributed by atoms with Crippen molar-refractivity contribution >= 4 is 5.91 Å². The maximum Gasteiger partial charge on any atom is 0.220 e. The summed E-state index contributed by atoms with van der Waals surface area (Å²) in [4.78, 5) is 12.5. The molecule has 4 nitrogen and oxygen atoms in total. The largest absolute Gasteiger partial charge is 0.394 e. The molecule has 0 saturated heterocycles. The smallest absolute Gasteiger partial charge is 0.220 e. The predicted molar refractivity (Wildman–Crippen MR) is 331 cm³/mol. The van der Waals surface area contributed by atoms with Gasteiger partial charge in [0.05, 0.1) is 18.8 Å². The Kier molecular flexibility index (Phi) is 61.3. The number of rotatable bonds is 57. The quantitative estimate of drug-likeness (QED) is 0.0420. The molecule has 3 N–H and O–H groups in total. The topological polar surface area (TPSA) is 69.6 Å². The van der Waals surface area contributed by atoms with E-state index in [-0.39, 0.29) is 12.5 Å². The molecule has 1 amide bonds. The average molecular weight is 1020 g/mol. The number of allylic oxidation sites excluding steroid dienone is 20. The van der Waals surface area contributed by atoms with Crippen molar-refractivity contribution < 1.29 is 15.0 Å². The number of amides is 1. The highest BCUT2D eigenvalue weighted by Gasteiger charge is 2.20. The Morgan fingerprint density at radius 3 is 0.892 bits per heavy atom. The van der Waals surface area contributed by atoms with E-state index in [0.717, 1.165) is 103 Å². The number of carbonyl (C=O) groups excluding carboxylic acids is 1. The first kappa shape index (κ1) is 70.8. The predicted octanol–water partition coefficient (Wildman–Crippen LogP) is 21.6. The van der Waals surface area contributed by atoms with E-state index >= 15 is 0 Å². The highest BCUT2D eigenvalue weighted by molar-refractivity contribution is 5.76. The van der Waals surface area contributed by atoms with Crippen molar-refractivity contribution in [2.45, 2.75) is 309 Å². The van der Waals surface area contributed by atoms with E-state index < -0.39 is 12.1 Å². The van der Waals surface area contributed by atoms with Crippen LogP contribution in [0.3, 0.4) is 0 Å². The summed E-state index contributed by atoms with van der Waals surface area (Å²) < 4.78 is 0. The minimum Gasteiger partial charge on any atom is -0.394 e. The Labute approximate surface area is 460 Å². The van der Waals surface area contributed by atoms with Gasteiger partial charge in [0, 0.05) is 6.42 Å². The van der Waals surface area contributed by atoms with Gasteiger partial charge in [-0.05, 0) is 89.9 Å². The third-order valence-electron chi connectivity index (χ3n) is 14.0. The van der Waals surface area contributed by atoms with Crippen LogP contribution in [0.5, 0.6) is 0 Å². The molecule has 2 atom stereocenters. The average Bonchev–Trinajstić information content (AvgIpc) is 3.40. The molecular weight excluding hydrogens is 903 g/mol. The maximum absolute atomic E-state index is 12.5. The third-order valence-corrected chi connectivity index (χ3v) is 14.0. The SMILES string of the molecule is CC/C=C\C/C=C\C/C=C\C/C=C\C/C=C\C/C=C\C/C=C\C/C=C\C/C=C\C/C=C\CCCCCCCCC(=O)NC(CO)C(O)CCCCCCCCCCCCCCCCCCCCCCCCCCC. The number of aliphatic hydroxyl groups excluding tert-OH is 2. The number of nitrogens with one attached hydrogen (secondary N) is 1. The van der Waals surface area contributed by atoms with Gasteiger partial charge in [-0.1, -0.05) is 322 Å². The molecule has 0 spiro atoms. The minimum atomic E-state index is -0.676. The molecule has 0 heterocycles. The summed E-state index contributed by atoms with van der Waals surface area (Å²) in [5.74, 6) is -0.0475. The van der Waals surface area contributed by atoms with Crippen molar-refractivity contribution in [2.24, 2.45) is 0 Å². The molecule has 0 radical (unpaired) electrons. The lowest BCUT2D eigenvalue weighted by Gasteiger charge is -2.22. The number of hydrogen-bond donors (Lipinski definition) is 3. The van der Waals surface area contributed by atoms with Gasteiger partial charge in [0.25, 0.3) is 0 Å². The fourth-order valence-corrected chi connectivity index (χ4v) is 9.21. The van der Waals surface area contributed by atoms with Gasteiger partial charge in [-0.3, -0.25) is 4.79 Å². The molecule has 2 unspecified atom stereocenters. The first-order chi connectivity index (χ1) is 36.7. The van der Waals surface area contributed by atoms with Crippen LogP contribution in [0.4, 0.5) is 0 Å². The molecule has 0 rings (SSSR count). The Morgan fingerprint density at radius 1 is 0.338 bits per heavy atom. The van der Waals surface area contributed by atoms with Gasteiger partial charge in [0.2, 0.25) is 5.91 Å². The van der Waals surface area contributed by atoms with Gasteiger partial charge in [-0.2, -0.15) is 0 Å². The standard InChI is InChI=1S/C70H121NO3/c1-3-5-7-9-11-13-15-17-19-21-23-25-27-29-30-31-32-33-34-35-36-37-38-39-40-42-44-46-48-50-52-54-56-58-60-62-64-66-70(74)71-68(67-72)69(73)65-63-61-59-57-55-53-51-49-47-45-43-41-28-26-24-22-20-18-16-14-12-10-8-6-4-2/h5,7,11,13,17,19,23,25,29-30,32-33,35-36,38-39,42,44,48,50,68-69,72-73H,3-4,6,8-10,12,14-16,18,20-22,24,26-28,31,34,37,40-41,43,45-47,49,51-67H2,1-2H3,(H,71,74)/b7-5-,13-11-,19-17-,25-23-,30-29-,33-32-,36-35-,39-38-,44-42-,50-48-. The molecule has 0 aliphatic rings. The molecule has 74 heavy (non-hydrogen) atoms. The minimum absolute atomic E-state index is 0.0475. The lowest BCUT2D eigenvalue weighted by molar-refractivity contribution is -0.123. The Hall–Kier alpha value is -3.21. The van der Waals surface area contributed by atoms with Gasteiger partial charge >= 0.3 is 0 Å². The number of aliphatic hydroxyl groups is 2. The van der Waals surface area contributed by atoms with E-state index in [1.807, 2.05) is 0 Å². The van der Waals surface area contributed by atoms with Crippen molar-refractivity contribution in [3.63, 3.8) is 0 Å². The van der Waals surface area contributed by atoms with Crippen LogP contribution >= 0.6 is 0 Å². The zero-order valence-electron chi connectivity index (χ0n) is 48.8. The Morgan fingerprint density at radius 2 is 0.595 bits per heavy atom. The van der Waals surface area contributed by atoms with E-state index in [1.165, 1.54) is 167 Å². The molecule has 0 bridgehead atoms. The summed E-state index contributed by atoms with van der Waals surface area (Å²) >= 11 is 0. The zero-order valence-corrected chi connectivity index (χ0v) is 48.8. The lowest BCUT2D eigenvalue weighted by atomic mass is 10.0. The summed E-state index contributed by atoms with van der Waals surface area (Å²) in [7, 11) is 0. The molecule has 0 aromatic carbocycles. The molecule has 424 valence electrons. The van der Waals surface area contributed by atoms with Gasteiger partial charge in [-0.15, -0.1) is 0 Å². The van der Waals surface area contributed by atoms with Crippen molar-refractivity contribution in [1.29, 1.82) is 0 Å². The van der Waals surface area contributed by atoms with Crippen LogP contribution in [-0.4, -0.2) is 34.9 Å². The highest BCUT2D eigenvalue weighted by atomic mass is 16.3. The van der Waals surface area contributed by atoms with Crippen LogP contribution in [0, 0.1) is 0 Å². The van der Waals surface area contributed by atoms with Crippen molar-refractivity contribution in [1.82, 2.24) is 5.32 Å². The molecule has 0 aromatic rings. The molecule has 0 aliphatic carbocycles. The third kappa shape index (κ3) is 59.7. The molecule has 0 fully saturated rings. The van der Waals surface area contributed by atoms with Crippen LogP contribution in [0.2, 0.25) is 0 Å². The summed E-state index contributed by atoms with van der Waals surface area (Å²) in [6.45, 7) is 4.26. The normalized spacial score (nSPS) is 13.6. The summed E-state index contributed by atoms with van der Waals surface area (Å²) in [6.07, 6.45) is 97.7. The van der Waals surface area contributed by atoms with Crippen LogP contribution in [-0.2, 0) is 4.79 Å². The van der Waals surface area contributed by atoms with Crippen LogP contribution in [0.25, 0.3) is 0 Å². The molecule has 4 heteroatoms. The highest BCUT2D eigenvalue weighted by Crippen LogP contribution is 2.17. The summed E-state index contributed by atoms with van der Waals surface area (Å²) in [5, 5.41) is 23.4. The summed E-state index contributed by atoms with van der Waals surface area (Å²) in [6, 6.07) is -0.555. The second-order valence-corrected chi connectivity index (χ2v) is 21.1. The Balaban J connectivity index is 3.58. The van der Waals surface area contributed by atoms with E-state index in [9.17, 15) is 15.0 Å². The zero-order chi connectivity index (χ0) is 53.4. The lowest BCUT2D eigenvalue weighted by Crippen LogP contribution is -2.45. The van der Waals surface area contributed by atoms with Crippen molar-refractivity contribution in [2.75, 3.05) is 6.61 Å². The van der Waals surface area contributed by atoms with E-state index in [1.54, 1.807) is 0 Å². The Bertz CT molecular complexity index is 1440. The van der Waals surface area contributed by atoms with Crippen LogP contribution < -0.4 is 5.32 Å². The second-order valence-electron chi connectivity index (χ2n) is 21.1. The number of unbranched alkanes of at least 4 members (excludes halogenated alkanes) is 30. The van der Waals surface area contributed by atoms with Crippen LogP contribution in [0.15, 0.2) is 122 Å². The summed E-state index contributed by atoms with van der Waals surface area (Å²) in [5.41, 5.74) is 0. The number of hydrogen-bond acceptors (Lipinski definition) is 3. The van der Waals surface area contributed by atoms with Crippen LogP contribution in [0.1, 0.15) is 296 Å². The molecule has 0 aliphatic heterocycles. The first-order valence-electron chi connectivity index (χ1n) is 31.7. The van der Waals surface area contributed by atoms with Crippen molar-refractivity contribution in [3.8, 4) is 0 Å². The maximum atomic E-state index is 12.5. The fourth-order valence-electron chi connectivity index (χ4n) is 9.21. The van der Waals surface area contributed by atoms with Gasteiger partial charge in [-0.25, -0.2) is 0 Å². The first-order valence-corrected chi connectivity index (χ1v) is 31.7. The number of carbonyl (C=O) groups is 1. The monoisotopic (exact) mass is 1020 g/mol. The fraction of sp³-hybridized carbons (Fsp3) is 0.700. The van der Waals surface area contributed by atoms with Gasteiger partial charge in [0.1, 0.15) is 0 Å². The molecule has 0 saturated carbocycles. The van der Waals surface area contributed by atoms with Gasteiger partial charge < -0.3 is 15.5 Å². The van der Waals surface area contributed by atoms with E-state index in [0.29, 0.717) is 12.8 Å². The van der Waals surface area contributed by atoms with Crippen molar-refractivity contribution in [3.05, 3.63) is 122 Å². The molecular formula is C70H121NO3.